The SMILES string of the molecule is CN(Cc1ccco1)[C@@H]1CCC[C@H]2CN(C(=O)c3cccs3)C[C@H]21. The van der Waals surface area contributed by atoms with Crippen molar-refractivity contribution in [1.29, 1.82) is 0 Å². The molecule has 0 aromatic carbocycles. The van der Waals surface area contributed by atoms with Crippen LogP contribution in [0.25, 0.3) is 0 Å². The average molecular weight is 344 g/mol. The highest BCUT2D eigenvalue weighted by Crippen LogP contribution is 2.39. The zero-order chi connectivity index (χ0) is 16.5. The van der Waals surface area contributed by atoms with Gasteiger partial charge in [-0.15, -0.1) is 11.3 Å². The first kappa shape index (κ1) is 15.9. The summed E-state index contributed by atoms with van der Waals surface area (Å²) in [4.78, 5) is 18.1. The van der Waals surface area contributed by atoms with Crippen molar-refractivity contribution >= 4 is 17.2 Å². The van der Waals surface area contributed by atoms with Gasteiger partial charge >= 0.3 is 0 Å². The fourth-order valence-corrected chi connectivity index (χ4v) is 5.17. The smallest absolute Gasteiger partial charge is 0.263 e. The van der Waals surface area contributed by atoms with Crippen LogP contribution in [0, 0.1) is 11.8 Å². The van der Waals surface area contributed by atoms with Crippen LogP contribution in [0.5, 0.6) is 0 Å². The van der Waals surface area contributed by atoms with Gasteiger partial charge in [-0.1, -0.05) is 12.5 Å². The Morgan fingerprint density at radius 2 is 2.25 bits per heavy atom. The first-order valence-electron chi connectivity index (χ1n) is 8.78. The minimum Gasteiger partial charge on any atom is -0.468 e. The average Bonchev–Trinajstić information content (AvgIpc) is 3.33. The second kappa shape index (κ2) is 6.73. The lowest BCUT2D eigenvalue weighted by Crippen LogP contribution is -2.43. The fourth-order valence-electron chi connectivity index (χ4n) is 4.48. The molecule has 3 atom stereocenters. The Kier molecular flexibility index (Phi) is 4.46. The minimum atomic E-state index is 0.215. The predicted molar refractivity (Wildman–Crippen MR) is 95.0 cm³/mol. The summed E-state index contributed by atoms with van der Waals surface area (Å²) >= 11 is 1.55. The van der Waals surface area contributed by atoms with Gasteiger partial charge in [0.15, 0.2) is 0 Å². The molecule has 2 fully saturated rings. The van der Waals surface area contributed by atoms with E-state index in [1.165, 1.54) is 19.3 Å². The third-order valence-electron chi connectivity index (χ3n) is 5.63. The maximum absolute atomic E-state index is 12.7. The molecule has 0 unspecified atom stereocenters. The lowest BCUT2D eigenvalue weighted by atomic mass is 9.77. The summed E-state index contributed by atoms with van der Waals surface area (Å²) in [5.74, 6) is 2.46. The molecule has 2 aromatic rings. The number of carbonyl (C=O) groups excluding carboxylic acids is 1. The highest BCUT2D eigenvalue weighted by molar-refractivity contribution is 7.12. The van der Waals surface area contributed by atoms with E-state index in [1.807, 2.05) is 29.6 Å². The van der Waals surface area contributed by atoms with Crippen molar-refractivity contribution in [2.75, 3.05) is 20.1 Å². The van der Waals surface area contributed by atoms with E-state index >= 15 is 0 Å². The topological polar surface area (TPSA) is 36.7 Å². The highest BCUT2D eigenvalue weighted by atomic mass is 32.1. The number of nitrogens with zero attached hydrogens (tertiary/aromatic N) is 2. The highest BCUT2D eigenvalue weighted by Gasteiger charge is 2.43. The van der Waals surface area contributed by atoms with Gasteiger partial charge < -0.3 is 9.32 Å². The molecule has 3 heterocycles. The van der Waals surface area contributed by atoms with E-state index in [4.69, 9.17) is 4.42 Å². The molecule has 2 aliphatic rings. The van der Waals surface area contributed by atoms with Gasteiger partial charge in [0.05, 0.1) is 17.7 Å². The summed E-state index contributed by atoms with van der Waals surface area (Å²) in [5, 5.41) is 1.98. The van der Waals surface area contributed by atoms with Gasteiger partial charge in [-0.2, -0.15) is 0 Å². The maximum atomic E-state index is 12.7. The Hall–Kier alpha value is -1.59. The van der Waals surface area contributed by atoms with Gasteiger partial charge in [-0.05, 0) is 55.3 Å². The third kappa shape index (κ3) is 3.03. The number of hydrogen-bond donors (Lipinski definition) is 0. The van der Waals surface area contributed by atoms with E-state index in [9.17, 15) is 4.79 Å². The number of thiophene rings is 1. The van der Waals surface area contributed by atoms with Gasteiger partial charge in [0.25, 0.3) is 5.91 Å². The van der Waals surface area contributed by atoms with Crippen molar-refractivity contribution < 1.29 is 9.21 Å². The molecule has 1 saturated heterocycles. The Morgan fingerprint density at radius 1 is 1.33 bits per heavy atom. The van der Waals surface area contributed by atoms with Gasteiger partial charge in [0.2, 0.25) is 0 Å². The van der Waals surface area contributed by atoms with Crippen molar-refractivity contribution in [2.45, 2.75) is 31.8 Å². The Labute approximate surface area is 147 Å². The molecule has 5 heteroatoms. The van der Waals surface area contributed by atoms with Crippen LogP contribution >= 0.6 is 11.3 Å². The molecule has 1 amide bonds. The van der Waals surface area contributed by atoms with E-state index < -0.39 is 0 Å². The van der Waals surface area contributed by atoms with Gasteiger partial charge in [-0.25, -0.2) is 0 Å². The lowest BCUT2D eigenvalue weighted by molar-refractivity contribution is 0.0771. The van der Waals surface area contributed by atoms with E-state index in [2.05, 4.69) is 16.8 Å². The second-order valence-corrected chi connectivity index (χ2v) is 8.05. The largest absolute Gasteiger partial charge is 0.468 e. The van der Waals surface area contributed by atoms with Crippen molar-refractivity contribution in [1.82, 2.24) is 9.80 Å². The predicted octanol–water partition coefficient (Wildman–Crippen LogP) is 3.71. The Morgan fingerprint density at radius 3 is 3.00 bits per heavy atom. The molecular formula is C19H24N2O2S. The van der Waals surface area contributed by atoms with Crippen molar-refractivity contribution in [3.8, 4) is 0 Å². The van der Waals surface area contributed by atoms with Gasteiger partial charge in [0.1, 0.15) is 5.76 Å². The maximum Gasteiger partial charge on any atom is 0.263 e. The molecule has 4 rings (SSSR count). The molecular weight excluding hydrogens is 320 g/mol. The van der Waals surface area contributed by atoms with Crippen LogP contribution < -0.4 is 0 Å². The van der Waals surface area contributed by atoms with E-state index in [-0.39, 0.29) is 5.91 Å². The lowest BCUT2D eigenvalue weighted by Gasteiger charge is -2.38. The number of hydrogen-bond acceptors (Lipinski definition) is 4. The van der Waals surface area contributed by atoms with Crippen LogP contribution in [-0.2, 0) is 6.54 Å². The van der Waals surface area contributed by atoms with Crippen LogP contribution in [0.3, 0.4) is 0 Å². The molecule has 4 nitrogen and oxygen atoms in total. The second-order valence-electron chi connectivity index (χ2n) is 7.10. The summed E-state index contributed by atoms with van der Waals surface area (Å²) in [6.07, 6.45) is 5.47. The zero-order valence-corrected chi connectivity index (χ0v) is 14.9. The first-order chi connectivity index (χ1) is 11.7. The number of fused-ring (bicyclic) bond motifs is 1. The Bertz CT molecular complexity index is 668. The van der Waals surface area contributed by atoms with Crippen LogP contribution in [0.15, 0.2) is 40.3 Å². The number of carbonyl (C=O) groups is 1. The monoisotopic (exact) mass is 344 g/mol. The molecule has 128 valence electrons. The quantitative estimate of drug-likeness (QED) is 0.848. The Balaban J connectivity index is 1.45. The number of amides is 1. The third-order valence-corrected chi connectivity index (χ3v) is 6.49. The summed E-state index contributed by atoms with van der Waals surface area (Å²) < 4.78 is 5.51. The van der Waals surface area contributed by atoms with Crippen LogP contribution in [-0.4, -0.2) is 41.9 Å². The molecule has 2 aromatic heterocycles. The van der Waals surface area contributed by atoms with Gasteiger partial charge in [-0.3, -0.25) is 9.69 Å². The summed E-state index contributed by atoms with van der Waals surface area (Å²) in [5.41, 5.74) is 0. The summed E-state index contributed by atoms with van der Waals surface area (Å²) in [6, 6.07) is 8.42. The fraction of sp³-hybridized carbons (Fsp3) is 0.526. The minimum absolute atomic E-state index is 0.215. The van der Waals surface area contributed by atoms with Crippen LogP contribution in [0.4, 0.5) is 0 Å². The summed E-state index contributed by atoms with van der Waals surface area (Å²) in [6.45, 7) is 2.67. The number of furan rings is 1. The molecule has 0 bridgehead atoms. The standard InChI is InChI=1S/C19H24N2O2S/c1-20(12-15-6-3-9-23-15)17-7-2-5-14-11-21(13-16(14)17)19(22)18-8-4-10-24-18/h3-4,6,8-10,14,16-17H,2,5,7,11-13H2,1H3/t14-,16+,17+/m0/s1. The molecule has 24 heavy (non-hydrogen) atoms. The normalized spacial score (nSPS) is 26.8. The molecule has 1 aliphatic heterocycles. The van der Waals surface area contributed by atoms with Crippen LogP contribution in [0.1, 0.15) is 34.7 Å². The van der Waals surface area contributed by atoms with Crippen LogP contribution in [0.2, 0.25) is 0 Å². The molecule has 0 radical (unpaired) electrons. The van der Waals surface area contributed by atoms with E-state index in [1.54, 1.807) is 17.6 Å². The molecule has 0 spiro atoms. The summed E-state index contributed by atoms with van der Waals surface area (Å²) in [7, 11) is 2.19. The number of likely N-dealkylation sites (tertiary alicyclic amines) is 1. The van der Waals surface area contributed by atoms with Gasteiger partial charge in [0, 0.05) is 19.1 Å². The molecule has 0 N–H and O–H groups in total. The van der Waals surface area contributed by atoms with Crippen molar-refractivity contribution in [3.63, 3.8) is 0 Å². The first-order valence-corrected chi connectivity index (χ1v) is 9.66. The zero-order valence-electron chi connectivity index (χ0n) is 14.1. The molecule has 1 saturated carbocycles. The number of rotatable bonds is 4. The van der Waals surface area contributed by atoms with Crippen molar-refractivity contribution in [2.24, 2.45) is 11.8 Å². The molecule has 1 aliphatic carbocycles. The van der Waals surface area contributed by atoms with E-state index in [0.29, 0.717) is 17.9 Å². The van der Waals surface area contributed by atoms with E-state index in [0.717, 1.165) is 30.3 Å². The van der Waals surface area contributed by atoms with Crippen molar-refractivity contribution in [3.05, 3.63) is 46.5 Å².